The fourth-order valence-electron chi connectivity index (χ4n) is 4.87. The van der Waals surface area contributed by atoms with E-state index in [0.717, 1.165) is 32.5 Å². The Bertz CT molecular complexity index is 840. The smallest absolute Gasteiger partial charge is 0.0376 e. The normalized spacial score (nSPS) is 15.0. The first-order valence-electron chi connectivity index (χ1n) is 12.1. The van der Waals surface area contributed by atoms with Gasteiger partial charge in [-0.15, -0.1) is 0 Å². The Labute approximate surface area is 189 Å². The maximum absolute atomic E-state index is 3.80. The summed E-state index contributed by atoms with van der Waals surface area (Å²) in [6.07, 6.45) is 10.1. The third-order valence-corrected chi connectivity index (χ3v) is 6.58. The van der Waals surface area contributed by atoms with E-state index in [2.05, 4.69) is 79.5 Å². The molecule has 3 heteroatoms. The molecule has 3 rings (SSSR count). The van der Waals surface area contributed by atoms with Crippen LogP contribution in [0.1, 0.15) is 59.9 Å². The molecule has 1 atom stereocenters. The van der Waals surface area contributed by atoms with Gasteiger partial charge in [-0.2, -0.15) is 0 Å². The van der Waals surface area contributed by atoms with Gasteiger partial charge in [0.15, 0.2) is 0 Å². The molecule has 0 amide bonds. The number of para-hydroxylation sites is 1. The Morgan fingerprint density at radius 3 is 2.52 bits per heavy atom. The molecular formula is C28H41N3. The zero-order chi connectivity index (χ0) is 22.1. The van der Waals surface area contributed by atoms with Gasteiger partial charge in [0, 0.05) is 24.7 Å². The molecule has 0 aromatic heterocycles. The van der Waals surface area contributed by atoms with E-state index < -0.39 is 0 Å². The van der Waals surface area contributed by atoms with Crippen LogP contribution in [-0.4, -0.2) is 38.6 Å². The summed E-state index contributed by atoms with van der Waals surface area (Å²) in [6, 6.07) is 13.9. The van der Waals surface area contributed by atoms with E-state index in [1.807, 2.05) is 0 Å². The summed E-state index contributed by atoms with van der Waals surface area (Å²) in [5, 5.41) is 6.86. The van der Waals surface area contributed by atoms with E-state index in [1.165, 1.54) is 54.5 Å². The number of aryl methyl sites for hydroxylation is 3. The zero-order valence-electron chi connectivity index (χ0n) is 19.8. The van der Waals surface area contributed by atoms with Gasteiger partial charge in [-0.1, -0.05) is 43.8 Å². The molecule has 2 aromatic rings. The Morgan fingerprint density at radius 2 is 1.74 bits per heavy atom. The Hall–Kier alpha value is -2.26. The summed E-state index contributed by atoms with van der Waals surface area (Å²) in [4.78, 5) is 2.29. The maximum Gasteiger partial charge on any atom is 0.0376 e. The van der Waals surface area contributed by atoms with Crippen LogP contribution in [0.15, 0.2) is 49.2 Å². The van der Waals surface area contributed by atoms with Crippen LogP contribution in [0, 0.1) is 0 Å². The number of rotatable bonds is 13. The molecule has 0 fully saturated rings. The lowest BCUT2D eigenvalue weighted by molar-refractivity contribution is 0.400. The molecule has 168 valence electrons. The van der Waals surface area contributed by atoms with Crippen molar-refractivity contribution in [2.45, 2.75) is 57.8 Å². The number of hydrogen-bond acceptors (Lipinski definition) is 3. The summed E-state index contributed by atoms with van der Waals surface area (Å²) in [6.45, 7) is 9.29. The molecule has 3 nitrogen and oxygen atoms in total. The second-order valence-electron chi connectivity index (χ2n) is 9.12. The first kappa shape index (κ1) is 23.4. The fourth-order valence-corrected chi connectivity index (χ4v) is 4.87. The minimum atomic E-state index is 0.650. The number of fused-ring (bicyclic) bond motifs is 1. The van der Waals surface area contributed by atoms with Gasteiger partial charge in [0.05, 0.1) is 0 Å². The molecule has 0 saturated heterocycles. The van der Waals surface area contributed by atoms with Crippen molar-refractivity contribution < 1.29 is 0 Å². The largest absolute Gasteiger partial charge is 0.391 e. The lowest BCUT2D eigenvalue weighted by Gasteiger charge is -2.18. The van der Waals surface area contributed by atoms with E-state index in [4.69, 9.17) is 0 Å². The number of benzene rings is 2. The van der Waals surface area contributed by atoms with Gasteiger partial charge in [0.25, 0.3) is 0 Å². The van der Waals surface area contributed by atoms with Crippen LogP contribution >= 0.6 is 0 Å². The van der Waals surface area contributed by atoms with E-state index in [9.17, 15) is 0 Å². The molecule has 1 aliphatic rings. The first-order chi connectivity index (χ1) is 15.1. The standard InChI is InChI=1S/C28H41N3/c1-5-22-19-25(16-17-29-6-2)24(20-23(22)13-10-18-31(3)4)11-9-12-26-21-30-28-15-8-7-14-27(26)28/h6-8,14-15,19-20,26,29-30H,2,5,9-13,16-18,21H2,1,3-4H3. The SMILES string of the molecule is C=CNCCc1cc(CC)c(CCCN(C)C)cc1CCCC1CNc2ccccc21. The molecule has 1 aliphatic heterocycles. The number of anilines is 1. The average Bonchev–Trinajstić information content (AvgIpc) is 3.18. The molecule has 0 radical (unpaired) electrons. The van der Waals surface area contributed by atoms with Gasteiger partial charge < -0.3 is 15.5 Å². The molecular weight excluding hydrogens is 378 g/mol. The number of hydrogen-bond donors (Lipinski definition) is 2. The third kappa shape index (κ3) is 6.61. The molecule has 2 aromatic carbocycles. The first-order valence-corrected chi connectivity index (χ1v) is 12.1. The van der Waals surface area contributed by atoms with Crippen molar-refractivity contribution in [2.75, 3.05) is 39.0 Å². The maximum atomic E-state index is 3.80. The highest BCUT2D eigenvalue weighted by atomic mass is 15.0. The van der Waals surface area contributed by atoms with Gasteiger partial charge in [-0.3, -0.25) is 0 Å². The van der Waals surface area contributed by atoms with E-state index in [1.54, 1.807) is 17.3 Å². The van der Waals surface area contributed by atoms with Crippen LogP contribution in [0.25, 0.3) is 0 Å². The third-order valence-electron chi connectivity index (χ3n) is 6.58. The van der Waals surface area contributed by atoms with Crippen LogP contribution in [0.4, 0.5) is 5.69 Å². The monoisotopic (exact) mass is 419 g/mol. The van der Waals surface area contributed by atoms with Gasteiger partial charge >= 0.3 is 0 Å². The van der Waals surface area contributed by atoms with E-state index in [-0.39, 0.29) is 0 Å². The van der Waals surface area contributed by atoms with Crippen LogP contribution < -0.4 is 10.6 Å². The van der Waals surface area contributed by atoms with Crippen molar-refractivity contribution in [3.05, 3.63) is 77.0 Å². The average molecular weight is 420 g/mol. The minimum Gasteiger partial charge on any atom is -0.391 e. The Morgan fingerprint density at radius 1 is 1.03 bits per heavy atom. The lowest BCUT2D eigenvalue weighted by Crippen LogP contribution is -2.14. The lowest BCUT2D eigenvalue weighted by atomic mass is 9.89. The molecule has 1 unspecified atom stereocenters. The summed E-state index contributed by atoms with van der Waals surface area (Å²) >= 11 is 0. The molecule has 0 bridgehead atoms. The van der Waals surface area contributed by atoms with Crippen LogP contribution in [0.3, 0.4) is 0 Å². The second-order valence-corrected chi connectivity index (χ2v) is 9.12. The second kappa shape index (κ2) is 12.0. The molecule has 0 saturated carbocycles. The Kier molecular flexibility index (Phi) is 9.02. The summed E-state index contributed by atoms with van der Waals surface area (Å²) in [7, 11) is 4.33. The molecule has 31 heavy (non-hydrogen) atoms. The van der Waals surface area contributed by atoms with Crippen LogP contribution in [0.2, 0.25) is 0 Å². The van der Waals surface area contributed by atoms with Crippen LogP contribution in [0.5, 0.6) is 0 Å². The van der Waals surface area contributed by atoms with Gasteiger partial charge in [-0.25, -0.2) is 0 Å². The minimum absolute atomic E-state index is 0.650. The topological polar surface area (TPSA) is 27.3 Å². The highest BCUT2D eigenvalue weighted by Crippen LogP contribution is 2.34. The summed E-state index contributed by atoms with van der Waals surface area (Å²) in [5.74, 6) is 0.650. The van der Waals surface area contributed by atoms with Gasteiger partial charge in [-0.05, 0) is 106 Å². The van der Waals surface area contributed by atoms with Gasteiger partial charge in [0.2, 0.25) is 0 Å². The van der Waals surface area contributed by atoms with Crippen molar-refractivity contribution in [1.29, 1.82) is 0 Å². The molecule has 0 spiro atoms. The Balaban J connectivity index is 1.69. The van der Waals surface area contributed by atoms with Crippen molar-refractivity contribution in [2.24, 2.45) is 0 Å². The van der Waals surface area contributed by atoms with Crippen molar-refractivity contribution in [1.82, 2.24) is 10.2 Å². The van der Waals surface area contributed by atoms with Crippen molar-refractivity contribution >= 4 is 5.69 Å². The van der Waals surface area contributed by atoms with E-state index >= 15 is 0 Å². The van der Waals surface area contributed by atoms with Crippen molar-refractivity contribution in [3.8, 4) is 0 Å². The predicted octanol–water partition coefficient (Wildman–Crippen LogP) is 5.55. The molecule has 2 N–H and O–H groups in total. The fraction of sp³-hybridized carbons (Fsp3) is 0.500. The summed E-state index contributed by atoms with van der Waals surface area (Å²) in [5.41, 5.74) is 9.01. The number of nitrogens with zero attached hydrogens (tertiary/aromatic N) is 1. The molecule has 1 heterocycles. The van der Waals surface area contributed by atoms with Crippen LogP contribution in [-0.2, 0) is 25.7 Å². The van der Waals surface area contributed by atoms with E-state index in [0.29, 0.717) is 5.92 Å². The predicted molar refractivity (Wildman–Crippen MR) is 135 cm³/mol. The quantitative estimate of drug-likeness (QED) is 0.417. The number of nitrogens with one attached hydrogen (secondary N) is 2. The van der Waals surface area contributed by atoms with Gasteiger partial charge in [0.1, 0.15) is 0 Å². The highest BCUT2D eigenvalue weighted by molar-refractivity contribution is 5.57. The highest BCUT2D eigenvalue weighted by Gasteiger charge is 2.21. The summed E-state index contributed by atoms with van der Waals surface area (Å²) < 4.78 is 0. The zero-order valence-corrected chi connectivity index (χ0v) is 19.8. The molecule has 0 aliphatic carbocycles. The van der Waals surface area contributed by atoms with Crippen molar-refractivity contribution in [3.63, 3.8) is 0 Å².